The second kappa shape index (κ2) is 15.1. The third-order valence-electron chi connectivity index (χ3n) is 9.08. The molecule has 0 bridgehead atoms. The van der Waals surface area contributed by atoms with Crippen molar-refractivity contribution < 1.29 is 28.7 Å². The van der Waals surface area contributed by atoms with Gasteiger partial charge in [-0.25, -0.2) is 0 Å². The number of amides is 2. The minimum atomic E-state index is -0.338. The molecule has 1 fully saturated rings. The van der Waals surface area contributed by atoms with Gasteiger partial charge in [-0.3, -0.25) is 19.2 Å². The number of hydrogen-bond acceptors (Lipinski definition) is 6. The van der Waals surface area contributed by atoms with Gasteiger partial charge in [0.1, 0.15) is 11.5 Å². The van der Waals surface area contributed by atoms with Crippen molar-refractivity contribution in [3.8, 4) is 11.5 Å². The van der Waals surface area contributed by atoms with E-state index >= 15 is 0 Å². The molecule has 1 aliphatic carbocycles. The Morgan fingerprint density at radius 2 is 0.780 bits per heavy atom. The molecule has 2 N–H and O–H groups in total. The van der Waals surface area contributed by atoms with Crippen LogP contribution in [0.25, 0.3) is 0 Å². The standard InChI is InChI=1S/C42H46N2O6/c1-41(2,3)31-15-11-27(12-16-31)37(45)43-33-19-23-35(24-20-33)49-39(47)29-7-9-30(10-8-29)40(48)50-36-25-21-34(22-26-36)44-38(46)28-13-17-32(18-14-28)42(4,5)6/h11-26,29-30H,7-10H2,1-6H3,(H,43,45)(H,44,46). The molecular formula is C42H46N2O6. The molecule has 260 valence electrons. The zero-order valence-electron chi connectivity index (χ0n) is 29.7. The van der Waals surface area contributed by atoms with E-state index in [9.17, 15) is 19.2 Å². The van der Waals surface area contributed by atoms with Gasteiger partial charge >= 0.3 is 11.9 Å². The fourth-order valence-corrected chi connectivity index (χ4v) is 5.83. The minimum absolute atomic E-state index is 0.00549. The predicted octanol–water partition coefficient (Wildman–Crippen LogP) is 9.10. The molecule has 4 aromatic carbocycles. The third kappa shape index (κ3) is 9.47. The van der Waals surface area contributed by atoms with Crippen molar-refractivity contribution in [2.45, 2.75) is 78.1 Å². The molecule has 0 spiro atoms. The second-order valence-corrected chi connectivity index (χ2v) is 15.0. The first-order chi connectivity index (χ1) is 23.7. The molecule has 5 rings (SSSR count). The SMILES string of the molecule is CC(C)(C)c1ccc(C(=O)Nc2ccc(OC(=O)C3CCC(C(=O)Oc4ccc(NC(=O)c5ccc(C(C)(C)C)cc5)cc4)CC3)cc2)cc1. The highest BCUT2D eigenvalue weighted by Crippen LogP contribution is 2.32. The molecule has 0 atom stereocenters. The van der Waals surface area contributed by atoms with Crippen LogP contribution >= 0.6 is 0 Å². The normalized spacial score (nSPS) is 16.2. The zero-order chi connectivity index (χ0) is 36.1. The van der Waals surface area contributed by atoms with Crippen molar-refractivity contribution in [3.63, 3.8) is 0 Å². The van der Waals surface area contributed by atoms with Crippen LogP contribution in [0.15, 0.2) is 97.1 Å². The van der Waals surface area contributed by atoms with Crippen molar-refractivity contribution in [2.75, 3.05) is 10.6 Å². The quantitative estimate of drug-likeness (QED) is 0.143. The van der Waals surface area contributed by atoms with Gasteiger partial charge in [0.2, 0.25) is 0 Å². The number of nitrogens with one attached hydrogen (secondary N) is 2. The van der Waals surface area contributed by atoms with Crippen LogP contribution in [0.1, 0.15) is 99.1 Å². The number of anilines is 2. The predicted molar refractivity (Wildman–Crippen MR) is 196 cm³/mol. The van der Waals surface area contributed by atoms with E-state index in [1.54, 1.807) is 48.5 Å². The summed E-state index contributed by atoms with van der Waals surface area (Å²) in [6.45, 7) is 12.7. The fourth-order valence-electron chi connectivity index (χ4n) is 5.83. The number of ether oxygens (including phenoxy) is 2. The van der Waals surface area contributed by atoms with E-state index < -0.39 is 0 Å². The van der Waals surface area contributed by atoms with Gasteiger partial charge in [-0.05, 0) is 120 Å². The maximum atomic E-state index is 12.9. The molecule has 0 radical (unpaired) electrons. The summed E-state index contributed by atoms with van der Waals surface area (Å²) in [5.41, 5.74) is 4.62. The highest BCUT2D eigenvalue weighted by molar-refractivity contribution is 6.05. The van der Waals surface area contributed by atoms with Gasteiger partial charge in [-0.15, -0.1) is 0 Å². The first-order valence-electron chi connectivity index (χ1n) is 17.1. The summed E-state index contributed by atoms with van der Waals surface area (Å²) in [6.07, 6.45) is 2.07. The van der Waals surface area contributed by atoms with Crippen LogP contribution in [0.3, 0.4) is 0 Å². The van der Waals surface area contributed by atoms with Crippen LogP contribution in [0, 0.1) is 11.8 Å². The van der Waals surface area contributed by atoms with E-state index in [4.69, 9.17) is 9.47 Å². The molecule has 4 aromatic rings. The summed E-state index contributed by atoms with van der Waals surface area (Å²) in [6, 6.07) is 28.5. The summed E-state index contributed by atoms with van der Waals surface area (Å²) in [5, 5.41) is 5.75. The maximum Gasteiger partial charge on any atom is 0.314 e. The van der Waals surface area contributed by atoms with Crippen LogP contribution in [-0.2, 0) is 20.4 Å². The smallest absolute Gasteiger partial charge is 0.314 e. The highest BCUT2D eigenvalue weighted by atomic mass is 16.5. The Hall–Kier alpha value is -5.24. The van der Waals surface area contributed by atoms with E-state index in [0.29, 0.717) is 59.7 Å². The Morgan fingerprint density at radius 1 is 0.480 bits per heavy atom. The molecule has 0 saturated heterocycles. The molecule has 0 unspecified atom stereocenters. The van der Waals surface area contributed by atoms with E-state index in [2.05, 4.69) is 52.2 Å². The summed E-state index contributed by atoms with van der Waals surface area (Å²) >= 11 is 0. The highest BCUT2D eigenvalue weighted by Gasteiger charge is 2.32. The fraction of sp³-hybridized carbons (Fsp3) is 0.333. The largest absolute Gasteiger partial charge is 0.426 e. The monoisotopic (exact) mass is 674 g/mol. The van der Waals surface area contributed by atoms with Crippen molar-refractivity contribution in [1.82, 2.24) is 0 Å². The molecular weight excluding hydrogens is 628 g/mol. The van der Waals surface area contributed by atoms with Gasteiger partial charge in [0.05, 0.1) is 11.8 Å². The molecule has 8 heteroatoms. The summed E-state index contributed by atoms with van der Waals surface area (Å²) in [4.78, 5) is 51.2. The topological polar surface area (TPSA) is 111 Å². The first kappa shape index (κ1) is 36.1. The lowest BCUT2D eigenvalue weighted by Gasteiger charge is -2.25. The number of esters is 2. The Bertz CT molecular complexity index is 1670. The van der Waals surface area contributed by atoms with E-state index in [1.807, 2.05) is 48.5 Å². The number of rotatable bonds is 8. The molecule has 1 aliphatic rings. The number of carbonyl (C=O) groups excluding carboxylic acids is 4. The molecule has 0 heterocycles. The number of hydrogen-bond donors (Lipinski definition) is 2. The van der Waals surface area contributed by atoms with E-state index in [1.165, 1.54) is 0 Å². The molecule has 0 aromatic heterocycles. The Kier molecular flexibility index (Phi) is 10.9. The van der Waals surface area contributed by atoms with Crippen LogP contribution in [0.5, 0.6) is 11.5 Å². The zero-order valence-corrected chi connectivity index (χ0v) is 29.7. The first-order valence-corrected chi connectivity index (χ1v) is 17.1. The summed E-state index contributed by atoms with van der Waals surface area (Å²) in [5.74, 6) is -0.965. The third-order valence-corrected chi connectivity index (χ3v) is 9.08. The lowest BCUT2D eigenvalue weighted by molar-refractivity contribution is -0.145. The number of carbonyl (C=O) groups is 4. The maximum absolute atomic E-state index is 12.9. The Labute approximate surface area is 294 Å². The minimum Gasteiger partial charge on any atom is -0.426 e. The molecule has 1 saturated carbocycles. The second-order valence-electron chi connectivity index (χ2n) is 15.0. The van der Waals surface area contributed by atoms with Crippen molar-refractivity contribution in [3.05, 3.63) is 119 Å². The molecule has 2 amide bonds. The average Bonchev–Trinajstić information content (AvgIpc) is 3.09. The van der Waals surface area contributed by atoms with Crippen LogP contribution in [0.4, 0.5) is 11.4 Å². The van der Waals surface area contributed by atoms with Crippen molar-refractivity contribution >= 4 is 35.1 Å². The van der Waals surface area contributed by atoms with Gasteiger partial charge < -0.3 is 20.1 Å². The molecule has 8 nitrogen and oxygen atoms in total. The van der Waals surface area contributed by atoms with E-state index in [0.717, 1.165) is 11.1 Å². The Morgan fingerprint density at radius 3 is 1.06 bits per heavy atom. The van der Waals surface area contributed by atoms with Gasteiger partial charge in [0, 0.05) is 22.5 Å². The Balaban J connectivity index is 1.04. The molecule has 50 heavy (non-hydrogen) atoms. The lowest BCUT2D eigenvalue weighted by atomic mass is 9.82. The van der Waals surface area contributed by atoms with Gasteiger partial charge in [0.15, 0.2) is 0 Å². The summed E-state index contributed by atoms with van der Waals surface area (Å²) < 4.78 is 11.2. The van der Waals surface area contributed by atoms with Crippen LogP contribution in [0.2, 0.25) is 0 Å². The van der Waals surface area contributed by atoms with Gasteiger partial charge in [0.25, 0.3) is 11.8 Å². The summed E-state index contributed by atoms with van der Waals surface area (Å²) in [7, 11) is 0. The number of benzene rings is 4. The van der Waals surface area contributed by atoms with Crippen LogP contribution < -0.4 is 20.1 Å². The van der Waals surface area contributed by atoms with Gasteiger partial charge in [-0.2, -0.15) is 0 Å². The average molecular weight is 675 g/mol. The lowest BCUT2D eigenvalue weighted by Crippen LogP contribution is -2.30. The van der Waals surface area contributed by atoms with Gasteiger partial charge in [-0.1, -0.05) is 65.8 Å². The van der Waals surface area contributed by atoms with Crippen molar-refractivity contribution in [2.24, 2.45) is 11.8 Å². The molecule has 0 aliphatic heterocycles. The van der Waals surface area contributed by atoms with E-state index in [-0.39, 0.29) is 46.4 Å². The van der Waals surface area contributed by atoms with Crippen LogP contribution in [-0.4, -0.2) is 23.8 Å². The van der Waals surface area contributed by atoms with Crippen molar-refractivity contribution in [1.29, 1.82) is 0 Å².